The van der Waals surface area contributed by atoms with Gasteiger partial charge in [-0.2, -0.15) is 11.8 Å². The monoisotopic (exact) mass is 258 g/mol. The lowest BCUT2D eigenvalue weighted by Gasteiger charge is -2.13. The van der Waals surface area contributed by atoms with E-state index in [1.54, 1.807) is 11.3 Å². The second kappa shape index (κ2) is 6.03. The van der Waals surface area contributed by atoms with Gasteiger partial charge >= 0.3 is 0 Å². The molecular weight excluding hydrogens is 236 g/mol. The summed E-state index contributed by atoms with van der Waals surface area (Å²) in [6, 6.07) is 0.325. The van der Waals surface area contributed by atoms with Gasteiger partial charge in [-0.1, -0.05) is 27.7 Å². The minimum absolute atomic E-state index is 0.174. The van der Waals surface area contributed by atoms with Crippen LogP contribution in [0, 0.1) is 0 Å². The number of hydrogen-bond acceptors (Lipinski definition) is 4. The van der Waals surface area contributed by atoms with Crippen molar-refractivity contribution in [3.8, 4) is 0 Å². The largest absolute Gasteiger partial charge is 0.327 e. The highest BCUT2D eigenvalue weighted by atomic mass is 32.2. The fraction of sp³-hybridized carbons (Fsp3) is 0.750. The van der Waals surface area contributed by atoms with E-state index < -0.39 is 0 Å². The molecule has 1 aromatic heterocycles. The zero-order valence-corrected chi connectivity index (χ0v) is 12.3. The highest BCUT2D eigenvalue weighted by Crippen LogP contribution is 2.26. The zero-order chi connectivity index (χ0) is 12.2. The summed E-state index contributed by atoms with van der Waals surface area (Å²) < 4.78 is 0. The molecule has 0 aliphatic heterocycles. The third kappa shape index (κ3) is 4.44. The molecule has 0 fully saturated rings. The van der Waals surface area contributed by atoms with Gasteiger partial charge in [-0.15, -0.1) is 11.3 Å². The van der Waals surface area contributed by atoms with E-state index in [0.717, 1.165) is 17.9 Å². The van der Waals surface area contributed by atoms with Crippen molar-refractivity contribution in [1.82, 2.24) is 4.98 Å². The first-order valence-corrected chi connectivity index (χ1v) is 7.75. The van der Waals surface area contributed by atoms with E-state index in [-0.39, 0.29) is 5.41 Å². The molecule has 0 aliphatic carbocycles. The highest BCUT2D eigenvalue weighted by Gasteiger charge is 2.17. The maximum absolute atomic E-state index is 5.87. The molecular formula is C12H22N2S2. The van der Waals surface area contributed by atoms with Crippen molar-refractivity contribution < 1.29 is 0 Å². The van der Waals surface area contributed by atoms with Crippen LogP contribution in [0.3, 0.4) is 0 Å². The number of nitrogens with zero attached hydrogens (tertiary/aromatic N) is 1. The maximum Gasteiger partial charge on any atom is 0.0982 e. The Morgan fingerprint density at radius 1 is 1.50 bits per heavy atom. The zero-order valence-electron chi connectivity index (χ0n) is 10.6. The molecule has 0 spiro atoms. The molecule has 1 rings (SSSR count). The van der Waals surface area contributed by atoms with Gasteiger partial charge in [-0.3, -0.25) is 0 Å². The molecule has 0 bridgehead atoms. The average molecular weight is 258 g/mol. The Morgan fingerprint density at radius 3 is 2.69 bits per heavy atom. The number of thiazole rings is 1. The molecule has 16 heavy (non-hydrogen) atoms. The molecule has 0 aliphatic rings. The van der Waals surface area contributed by atoms with Gasteiger partial charge in [0.15, 0.2) is 0 Å². The van der Waals surface area contributed by atoms with Crippen LogP contribution in [-0.4, -0.2) is 16.8 Å². The van der Waals surface area contributed by atoms with Crippen LogP contribution in [0.5, 0.6) is 0 Å². The fourth-order valence-corrected chi connectivity index (χ4v) is 3.18. The van der Waals surface area contributed by atoms with Crippen molar-refractivity contribution >= 4 is 23.1 Å². The van der Waals surface area contributed by atoms with Gasteiger partial charge in [0.05, 0.1) is 10.7 Å². The van der Waals surface area contributed by atoms with E-state index in [9.17, 15) is 0 Å². The molecule has 0 radical (unpaired) electrons. The van der Waals surface area contributed by atoms with Crippen molar-refractivity contribution in [1.29, 1.82) is 0 Å². The Balaban J connectivity index is 2.41. The van der Waals surface area contributed by atoms with Gasteiger partial charge in [0, 0.05) is 28.3 Å². The Hall–Kier alpha value is -0.0600. The van der Waals surface area contributed by atoms with Crippen LogP contribution >= 0.6 is 23.1 Å². The van der Waals surface area contributed by atoms with E-state index in [0.29, 0.717) is 6.04 Å². The van der Waals surface area contributed by atoms with Crippen LogP contribution in [0.2, 0.25) is 0 Å². The van der Waals surface area contributed by atoms with Crippen molar-refractivity contribution in [2.45, 2.75) is 51.3 Å². The lowest BCUT2D eigenvalue weighted by atomic mass is 9.98. The van der Waals surface area contributed by atoms with Crippen LogP contribution < -0.4 is 5.73 Å². The fourth-order valence-electron chi connectivity index (χ4n) is 1.15. The summed E-state index contributed by atoms with van der Waals surface area (Å²) in [5, 5.41) is 3.40. The molecule has 1 heterocycles. The first-order valence-electron chi connectivity index (χ1n) is 5.71. The minimum Gasteiger partial charge on any atom is -0.327 e. The SMILES string of the molecule is CCC(N)CSCc1csc(C(C)(C)C)n1. The average Bonchev–Trinajstić information content (AvgIpc) is 2.65. The van der Waals surface area contributed by atoms with Crippen molar-refractivity contribution in [2.75, 3.05) is 5.75 Å². The van der Waals surface area contributed by atoms with Crippen LogP contribution in [0.4, 0.5) is 0 Å². The molecule has 2 nitrogen and oxygen atoms in total. The van der Waals surface area contributed by atoms with Gasteiger partial charge in [-0.25, -0.2) is 4.98 Å². The lowest BCUT2D eigenvalue weighted by Crippen LogP contribution is -2.21. The topological polar surface area (TPSA) is 38.9 Å². The van der Waals surface area contributed by atoms with Crippen LogP contribution in [0.15, 0.2) is 5.38 Å². The lowest BCUT2D eigenvalue weighted by molar-refractivity contribution is 0.584. The van der Waals surface area contributed by atoms with Crippen LogP contribution in [-0.2, 0) is 11.2 Å². The van der Waals surface area contributed by atoms with Crippen molar-refractivity contribution in [3.63, 3.8) is 0 Å². The van der Waals surface area contributed by atoms with Crippen molar-refractivity contribution in [3.05, 3.63) is 16.1 Å². The van der Waals surface area contributed by atoms with E-state index in [1.165, 1.54) is 10.7 Å². The second-order valence-electron chi connectivity index (χ2n) is 5.08. The van der Waals surface area contributed by atoms with Gasteiger partial charge in [0.1, 0.15) is 0 Å². The van der Waals surface area contributed by atoms with Crippen LogP contribution in [0.25, 0.3) is 0 Å². The first kappa shape index (κ1) is 14.0. The van der Waals surface area contributed by atoms with Crippen LogP contribution in [0.1, 0.15) is 44.8 Å². The van der Waals surface area contributed by atoms with E-state index in [2.05, 4.69) is 38.1 Å². The molecule has 0 saturated carbocycles. The highest BCUT2D eigenvalue weighted by molar-refractivity contribution is 7.98. The molecule has 0 saturated heterocycles. The summed E-state index contributed by atoms with van der Waals surface area (Å²) in [6.07, 6.45) is 1.05. The molecule has 4 heteroatoms. The Kier molecular flexibility index (Phi) is 5.28. The van der Waals surface area contributed by atoms with Gasteiger partial charge in [0.2, 0.25) is 0 Å². The first-order chi connectivity index (χ1) is 7.43. The summed E-state index contributed by atoms with van der Waals surface area (Å²) in [5.74, 6) is 2.01. The number of nitrogens with two attached hydrogens (primary N) is 1. The molecule has 1 aromatic rings. The quantitative estimate of drug-likeness (QED) is 0.879. The third-order valence-electron chi connectivity index (χ3n) is 2.30. The Morgan fingerprint density at radius 2 is 2.19 bits per heavy atom. The van der Waals surface area contributed by atoms with E-state index >= 15 is 0 Å². The predicted molar refractivity (Wildman–Crippen MR) is 75.2 cm³/mol. The van der Waals surface area contributed by atoms with Crippen molar-refractivity contribution in [2.24, 2.45) is 5.73 Å². The summed E-state index contributed by atoms with van der Waals surface area (Å²) in [7, 11) is 0. The number of thioether (sulfide) groups is 1. The Labute approximate surface area is 107 Å². The third-order valence-corrected chi connectivity index (χ3v) is 4.78. The molecule has 1 atom stereocenters. The molecule has 0 aromatic carbocycles. The second-order valence-corrected chi connectivity index (χ2v) is 6.97. The Bertz CT molecular complexity index is 315. The molecule has 0 amide bonds. The van der Waals surface area contributed by atoms with Gasteiger partial charge in [0.25, 0.3) is 0 Å². The van der Waals surface area contributed by atoms with Gasteiger partial charge in [-0.05, 0) is 6.42 Å². The predicted octanol–water partition coefficient (Wildman–Crippen LogP) is 3.41. The standard InChI is InChI=1S/C12H22N2S2/c1-5-9(13)6-15-7-10-8-16-11(14-10)12(2,3)4/h8-9H,5-7,13H2,1-4H3. The normalized spacial score (nSPS) is 14.1. The summed E-state index contributed by atoms with van der Waals surface area (Å²) in [5.41, 5.74) is 7.24. The van der Waals surface area contributed by atoms with Gasteiger partial charge < -0.3 is 5.73 Å². The summed E-state index contributed by atoms with van der Waals surface area (Å²) in [4.78, 5) is 4.66. The minimum atomic E-state index is 0.174. The molecule has 92 valence electrons. The molecule has 2 N–H and O–H groups in total. The van der Waals surface area contributed by atoms with E-state index in [1.807, 2.05) is 11.8 Å². The number of rotatable bonds is 5. The van der Waals surface area contributed by atoms with E-state index in [4.69, 9.17) is 5.73 Å². The smallest absolute Gasteiger partial charge is 0.0982 e. The summed E-state index contributed by atoms with van der Waals surface area (Å²) >= 11 is 3.65. The summed E-state index contributed by atoms with van der Waals surface area (Å²) in [6.45, 7) is 8.74. The molecule has 1 unspecified atom stereocenters. The number of aromatic nitrogens is 1. The number of hydrogen-bond donors (Lipinski definition) is 1. The maximum atomic E-state index is 5.87.